The van der Waals surface area contributed by atoms with Crippen molar-refractivity contribution in [3.8, 4) is 0 Å². The highest BCUT2D eigenvalue weighted by Crippen LogP contribution is 2.22. The van der Waals surface area contributed by atoms with Crippen LogP contribution in [0.5, 0.6) is 0 Å². The zero-order valence-electron chi connectivity index (χ0n) is 11.4. The van der Waals surface area contributed by atoms with Gasteiger partial charge in [0.1, 0.15) is 0 Å². The average molecular weight is 278 g/mol. The van der Waals surface area contributed by atoms with Gasteiger partial charge in [0.05, 0.1) is 11.5 Å². The van der Waals surface area contributed by atoms with Gasteiger partial charge < -0.3 is 10.6 Å². The van der Waals surface area contributed by atoms with E-state index in [1.165, 1.54) is 6.07 Å². The van der Waals surface area contributed by atoms with E-state index in [-0.39, 0.29) is 11.6 Å². The maximum absolute atomic E-state index is 11.9. The van der Waals surface area contributed by atoms with Crippen molar-refractivity contribution in [3.05, 3.63) is 33.9 Å². The van der Waals surface area contributed by atoms with E-state index in [0.717, 1.165) is 26.2 Å². The van der Waals surface area contributed by atoms with Gasteiger partial charge in [0.2, 0.25) is 5.91 Å². The number of nitro benzene ring substituents is 1. The molecule has 0 unspecified atom stereocenters. The lowest BCUT2D eigenvalue weighted by molar-refractivity contribution is -0.385. The van der Waals surface area contributed by atoms with Gasteiger partial charge in [-0.2, -0.15) is 0 Å². The number of piperazine rings is 1. The summed E-state index contributed by atoms with van der Waals surface area (Å²) in [6.07, 6.45) is 0. The normalized spacial score (nSPS) is 15.8. The summed E-state index contributed by atoms with van der Waals surface area (Å²) in [6.45, 7) is 5.41. The van der Waals surface area contributed by atoms with Crippen LogP contribution in [0.2, 0.25) is 0 Å². The Morgan fingerprint density at radius 1 is 1.45 bits per heavy atom. The van der Waals surface area contributed by atoms with E-state index >= 15 is 0 Å². The number of carbonyl (C=O) groups is 1. The number of amides is 1. The van der Waals surface area contributed by atoms with Gasteiger partial charge in [-0.1, -0.05) is 6.07 Å². The Labute approximate surface area is 117 Å². The maximum atomic E-state index is 11.9. The standard InChI is InChI=1S/C13H18N4O3/c1-10-2-3-11(8-12(10)17(19)20)15-13(18)9-16-6-4-14-5-7-16/h2-3,8,14H,4-7,9H2,1H3,(H,15,18). The number of nitro groups is 1. The van der Waals surface area contributed by atoms with Gasteiger partial charge in [-0.3, -0.25) is 19.8 Å². The van der Waals surface area contributed by atoms with Crippen LogP contribution in [0, 0.1) is 17.0 Å². The summed E-state index contributed by atoms with van der Waals surface area (Å²) < 4.78 is 0. The second-order valence-corrected chi connectivity index (χ2v) is 4.83. The third-order valence-electron chi connectivity index (χ3n) is 3.27. The smallest absolute Gasteiger partial charge is 0.274 e. The SMILES string of the molecule is Cc1ccc(NC(=O)CN2CCNCC2)cc1[N+](=O)[O-]. The largest absolute Gasteiger partial charge is 0.325 e. The first kappa shape index (κ1) is 14.4. The van der Waals surface area contributed by atoms with Crippen molar-refractivity contribution in [2.75, 3.05) is 38.0 Å². The Balaban J connectivity index is 1.96. The van der Waals surface area contributed by atoms with E-state index in [9.17, 15) is 14.9 Å². The maximum Gasteiger partial charge on any atom is 0.274 e. The van der Waals surface area contributed by atoms with Crippen LogP contribution >= 0.6 is 0 Å². The second-order valence-electron chi connectivity index (χ2n) is 4.83. The van der Waals surface area contributed by atoms with Crippen molar-refractivity contribution >= 4 is 17.3 Å². The van der Waals surface area contributed by atoms with Crippen LogP contribution < -0.4 is 10.6 Å². The Morgan fingerprint density at radius 2 is 2.15 bits per heavy atom. The Hall–Kier alpha value is -1.99. The molecule has 7 nitrogen and oxygen atoms in total. The predicted octanol–water partition coefficient (Wildman–Crippen LogP) is 0.747. The molecular weight excluding hydrogens is 260 g/mol. The van der Waals surface area contributed by atoms with Crippen LogP contribution in [0.3, 0.4) is 0 Å². The van der Waals surface area contributed by atoms with E-state index in [4.69, 9.17) is 0 Å². The highest BCUT2D eigenvalue weighted by atomic mass is 16.6. The molecule has 0 aliphatic carbocycles. The van der Waals surface area contributed by atoms with Crippen molar-refractivity contribution in [1.82, 2.24) is 10.2 Å². The summed E-state index contributed by atoms with van der Waals surface area (Å²) >= 11 is 0. The minimum absolute atomic E-state index is 0.0185. The fraction of sp³-hybridized carbons (Fsp3) is 0.462. The molecule has 1 aromatic carbocycles. The number of anilines is 1. The van der Waals surface area contributed by atoms with Crippen molar-refractivity contribution in [1.29, 1.82) is 0 Å². The number of benzene rings is 1. The molecule has 1 heterocycles. The molecule has 1 fully saturated rings. The van der Waals surface area contributed by atoms with Gasteiger partial charge in [-0.15, -0.1) is 0 Å². The number of hydrogen-bond donors (Lipinski definition) is 2. The number of hydrogen-bond acceptors (Lipinski definition) is 5. The van der Waals surface area contributed by atoms with E-state index < -0.39 is 4.92 Å². The number of carbonyl (C=O) groups excluding carboxylic acids is 1. The molecule has 20 heavy (non-hydrogen) atoms. The minimum atomic E-state index is -0.443. The first-order valence-electron chi connectivity index (χ1n) is 6.54. The van der Waals surface area contributed by atoms with Gasteiger partial charge in [0, 0.05) is 43.5 Å². The van der Waals surface area contributed by atoms with Crippen molar-refractivity contribution in [2.45, 2.75) is 6.92 Å². The van der Waals surface area contributed by atoms with Gasteiger partial charge in [-0.25, -0.2) is 0 Å². The Bertz CT molecular complexity index is 512. The molecule has 108 valence electrons. The number of rotatable bonds is 4. The molecule has 7 heteroatoms. The fourth-order valence-electron chi connectivity index (χ4n) is 2.16. The minimum Gasteiger partial charge on any atom is -0.325 e. The molecule has 0 atom stereocenters. The molecule has 1 saturated heterocycles. The zero-order valence-corrected chi connectivity index (χ0v) is 11.4. The molecule has 0 aromatic heterocycles. The molecule has 1 aliphatic heterocycles. The molecule has 0 radical (unpaired) electrons. The summed E-state index contributed by atoms with van der Waals surface area (Å²) in [5.41, 5.74) is 1.06. The predicted molar refractivity (Wildman–Crippen MR) is 75.8 cm³/mol. The third kappa shape index (κ3) is 3.75. The zero-order chi connectivity index (χ0) is 14.5. The van der Waals surface area contributed by atoms with E-state index in [2.05, 4.69) is 15.5 Å². The summed E-state index contributed by atoms with van der Waals surface area (Å²) in [4.78, 5) is 24.4. The van der Waals surface area contributed by atoms with Crippen LogP contribution in [-0.4, -0.2) is 48.5 Å². The molecule has 1 amide bonds. The highest BCUT2D eigenvalue weighted by Gasteiger charge is 2.15. The third-order valence-corrected chi connectivity index (χ3v) is 3.27. The topological polar surface area (TPSA) is 87.5 Å². The first-order chi connectivity index (χ1) is 9.56. The Morgan fingerprint density at radius 3 is 2.80 bits per heavy atom. The summed E-state index contributed by atoms with van der Waals surface area (Å²) in [7, 11) is 0. The average Bonchev–Trinajstić information content (AvgIpc) is 2.41. The van der Waals surface area contributed by atoms with E-state index in [0.29, 0.717) is 17.8 Å². The van der Waals surface area contributed by atoms with Crippen molar-refractivity contribution < 1.29 is 9.72 Å². The molecule has 2 N–H and O–H groups in total. The van der Waals surface area contributed by atoms with Gasteiger partial charge in [-0.05, 0) is 13.0 Å². The quantitative estimate of drug-likeness (QED) is 0.626. The lowest BCUT2D eigenvalue weighted by Gasteiger charge is -2.26. The molecule has 0 bridgehead atoms. The summed E-state index contributed by atoms with van der Waals surface area (Å²) in [5.74, 6) is -0.148. The molecule has 0 spiro atoms. The van der Waals surface area contributed by atoms with Crippen LogP contribution in [0.4, 0.5) is 11.4 Å². The molecular formula is C13H18N4O3. The first-order valence-corrected chi connectivity index (χ1v) is 6.54. The number of nitrogens with zero attached hydrogens (tertiary/aromatic N) is 2. The lowest BCUT2D eigenvalue weighted by Crippen LogP contribution is -2.46. The van der Waals surface area contributed by atoms with E-state index in [1.54, 1.807) is 19.1 Å². The molecule has 1 aromatic rings. The summed E-state index contributed by atoms with van der Waals surface area (Å²) in [6, 6.07) is 4.71. The van der Waals surface area contributed by atoms with Crippen LogP contribution in [0.1, 0.15) is 5.56 Å². The number of nitrogens with one attached hydrogen (secondary N) is 2. The fourth-order valence-corrected chi connectivity index (χ4v) is 2.16. The van der Waals surface area contributed by atoms with Crippen molar-refractivity contribution in [3.63, 3.8) is 0 Å². The van der Waals surface area contributed by atoms with E-state index in [1.807, 2.05) is 0 Å². The Kier molecular flexibility index (Phi) is 4.65. The van der Waals surface area contributed by atoms with Gasteiger partial charge in [0.25, 0.3) is 5.69 Å². The molecule has 2 rings (SSSR count). The summed E-state index contributed by atoms with van der Waals surface area (Å²) in [5, 5.41) is 16.8. The molecule has 1 aliphatic rings. The second kappa shape index (κ2) is 6.44. The van der Waals surface area contributed by atoms with Gasteiger partial charge in [0.15, 0.2) is 0 Å². The van der Waals surface area contributed by atoms with Crippen LogP contribution in [0.25, 0.3) is 0 Å². The monoisotopic (exact) mass is 278 g/mol. The molecule has 0 saturated carbocycles. The lowest BCUT2D eigenvalue weighted by atomic mass is 10.2. The van der Waals surface area contributed by atoms with Crippen LogP contribution in [-0.2, 0) is 4.79 Å². The number of aryl methyl sites for hydroxylation is 1. The van der Waals surface area contributed by atoms with Crippen LogP contribution in [0.15, 0.2) is 18.2 Å². The van der Waals surface area contributed by atoms with Crippen molar-refractivity contribution in [2.24, 2.45) is 0 Å². The van der Waals surface area contributed by atoms with Gasteiger partial charge >= 0.3 is 0 Å². The highest BCUT2D eigenvalue weighted by molar-refractivity contribution is 5.92.